The number of rotatable bonds is 3. The van der Waals surface area contributed by atoms with E-state index in [2.05, 4.69) is 21.2 Å². The van der Waals surface area contributed by atoms with Gasteiger partial charge in [0.15, 0.2) is 0 Å². The SMILES string of the molecule is CC1=C(C(=O)OC(C)C)C2(C(=O)Nc3ccc(Br)cc32)C(C(=O)OC(C)(C)C)=C(N)O1. The Kier molecular flexibility index (Phi) is 5.69. The topological polar surface area (TPSA) is 117 Å². The molecule has 1 aromatic carbocycles. The van der Waals surface area contributed by atoms with Crippen LogP contribution in [0.15, 0.2) is 45.5 Å². The van der Waals surface area contributed by atoms with Crippen molar-refractivity contribution in [3.8, 4) is 0 Å². The lowest BCUT2D eigenvalue weighted by Gasteiger charge is -2.36. The fraction of sp³-hybridized carbons (Fsp3) is 0.409. The highest BCUT2D eigenvalue weighted by Crippen LogP contribution is 2.53. The zero-order chi connectivity index (χ0) is 23.3. The number of benzene rings is 1. The Morgan fingerprint density at radius 1 is 1.19 bits per heavy atom. The summed E-state index contributed by atoms with van der Waals surface area (Å²) in [4.78, 5) is 40.1. The monoisotopic (exact) mass is 492 g/mol. The van der Waals surface area contributed by atoms with Gasteiger partial charge in [0.25, 0.3) is 0 Å². The predicted molar refractivity (Wildman–Crippen MR) is 117 cm³/mol. The van der Waals surface area contributed by atoms with E-state index in [0.29, 0.717) is 15.7 Å². The van der Waals surface area contributed by atoms with E-state index >= 15 is 0 Å². The lowest BCUT2D eigenvalue weighted by atomic mass is 9.67. The van der Waals surface area contributed by atoms with Crippen molar-refractivity contribution in [1.29, 1.82) is 0 Å². The number of halogens is 1. The highest BCUT2D eigenvalue weighted by molar-refractivity contribution is 9.10. The van der Waals surface area contributed by atoms with E-state index in [1.807, 2.05) is 0 Å². The van der Waals surface area contributed by atoms with Crippen molar-refractivity contribution in [2.24, 2.45) is 5.73 Å². The van der Waals surface area contributed by atoms with E-state index in [4.69, 9.17) is 19.9 Å². The van der Waals surface area contributed by atoms with Gasteiger partial charge in [0.2, 0.25) is 11.8 Å². The third-order valence-corrected chi connectivity index (χ3v) is 5.23. The van der Waals surface area contributed by atoms with Crippen molar-refractivity contribution in [2.45, 2.75) is 58.7 Å². The van der Waals surface area contributed by atoms with Gasteiger partial charge in [-0.05, 0) is 59.7 Å². The number of nitrogens with two attached hydrogens (primary N) is 1. The first-order valence-electron chi connectivity index (χ1n) is 9.74. The Bertz CT molecular complexity index is 1050. The number of fused-ring (bicyclic) bond motifs is 2. The molecule has 1 unspecified atom stereocenters. The molecule has 2 aliphatic heterocycles. The lowest BCUT2D eigenvalue weighted by Crippen LogP contribution is -2.49. The van der Waals surface area contributed by atoms with Gasteiger partial charge in [-0.2, -0.15) is 0 Å². The molecule has 0 saturated heterocycles. The van der Waals surface area contributed by atoms with Crippen LogP contribution in [0.2, 0.25) is 0 Å². The molecule has 2 aliphatic rings. The predicted octanol–water partition coefficient (Wildman–Crippen LogP) is 3.41. The zero-order valence-electron chi connectivity index (χ0n) is 18.2. The highest BCUT2D eigenvalue weighted by Gasteiger charge is 2.62. The number of allylic oxidation sites excluding steroid dienone is 1. The maximum absolute atomic E-state index is 13.6. The number of hydrogen-bond acceptors (Lipinski definition) is 7. The van der Waals surface area contributed by atoms with Crippen molar-refractivity contribution in [3.63, 3.8) is 0 Å². The van der Waals surface area contributed by atoms with Crippen LogP contribution >= 0.6 is 15.9 Å². The number of carbonyl (C=O) groups excluding carboxylic acids is 3. The van der Waals surface area contributed by atoms with Gasteiger partial charge in [-0.3, -0.25) is 4.79 Å². The molecule has 0 saturated carbocycles. The molecule has 3 N–H and O–H groups in total. The molecule has 9 heteroatoms. The highest BCUT2D eigenvalue weighted by atomic mass is 79.9. The number of hydrogen-bond donors (Lipinski definition) is 2. The van der Waals surface area contributed by atoms with Gasteiger partial charge in [0.05, 0.1) is 6.10 Å². The second-order valence-corrected chi connectivity index (χ2v) is 9.54. The Balaban J connectivity index is 2.37. The maximum atomic E-state index is 13.6. The van der Waals surface area contributed by atoms with Gasteiger partial charge >= 0.3 is 11.9 Å². The Morgan fingerprint density at radius 3 is 2.42 bits per heavy atom. The van der Waals surface area contributed by atoms with Crippen LogP contribution in [0.3, 0.4) is 0 Å². The summed E-state index contributed by atoms with van der Waals surface area (Å²) in [5.41, 5.74) is 3.80. The Labute approximate surface area is 188 Å². The van der Waals surface area contributed by atoms with E-state index in [1.165, 1.54) is 6.92 Å². The van der Waals surface area contributed by atoms with Crippen molar-refractivity contribution in [2.75, 3.05) is 5.32 Å². The van der Waals surface area contributed by atoms with Gasteiger partial charge in [-0.1, -0.05) is 15.9 Å². The summed E-state index contributed by atoms with van der Waals surface area (Å²) in [6, 6.07) is 5.07. The molecule has 1 atom stereocenters. The number of carbonyl (C=O) groups is 3. The van der Waals surface area contributed by atoms with Gasteiger partial charge in [-0.15, -0.1) is 0 Å². The number of ether oxygens (including phenoxy) is 3. The molecule has 1 amide bonds. The molecule has 8 nitrogen and oxygen atoms in total. The first-order valence-corrected chi connectivity index (χ1v) is 10.5. The minimum atomic E-state index is -1.89. The molecule has 0 aliphatic carbocycles. The summed E-state index contributed by atoms with van der Waals surface area (Å²) in [6.07, 6.45) is -0.468. The number of nitrogens with one attached hydrogen (secondary N) is 1. The fourth-order valence-electron chi connectivity index (χ4n) is 3.76. The number of amides is 1. The molecular weight excluding hydrogens is 468 g/mol. The average Bonchev–Trinajstić information content (AvgIpc) is 2.84. The van der Waals surface area contributed by atoms with Crippen molar-refractivity contribution < 1.29 is 28.6 Å². The molecule has 0 radical (unpaired) electrons. The van der Waals surface area contributed by atoms with E-state index in [-0.39, 0.29) is 22.8 Å². The van der Waals surface area contributed by atoms with Gasteiger partial charge < -0.3 is 25.3 Å². The fourth-order valence-corrected chi connectivity index (χ4v) is 4.13. The molecule has 166 valence electrons. The quantitative estimate of drug-likeness (QED) is 0.620. The number of anilines is 1. The van der Waals surface area contributed by atoms with E-state index in [1.54, 1.807) is 52.8 Å². The number of esters is 2. The van der Waals surface area contributed by atoms with Crippen LogP contribution in [0.25, 0.3) is 0 Å². The summed E-state index contributed by atoms with van der Waals surface area (Å²) < 4.78 is 17.2. The molecule has 2 heterocycles. The van der Waals surface area contributed by atoms with Gasteiger partial charge in [0, 0.05) is 15.7 Å². The maximum Gasteiger partial charge on any atom is 0.341 e. The van der Waals surface area contributed by atoms with Crippen molar-refractivity contribution in [1.82, 2.24) is 0 Å². The smallest absolute Gasteiger partial charge is 0.341 e. The van der Waals surface area contributed by atoms with Crippen molar-refractivity contribution >= 4 is 39.5 Å². The summed E-state index contributed by atoms with van der Waals surface area (Å²) in [7, 11) is 0. The van der Waals surface area contributed by atoms with Crippen LogP contribution in [0.4, 0.5) is 5.69 Å². The minimum absolute atomic E-state index is 0.0680. The second-order valence-electron chi connectivity index (χ2n) is 8.62. The minimum Gasteiger partial charge on any atom is -0.459 e. The summed E-state index contributed by atoms with van der Waals surface area (Å²) in [5, 5.41) is 2.76. The molecule has 31 heavy (non-hydrogen) atoms. The normalized spacial score (nSPS) is 20.6. The summed E-state index contributed by atoms with van der Waals surface area (Å²) in [6.45, 7) is 9.93. The standard InChI is InChI=1S/C22H25BrN2O6/c1-10(2)29-18(26)15-11(3)30-17(24)16(19(27)31-21(4,5)6)22(15)13-9-12(23)7-8-14(13)25-20(22)28/h7-10H,24H2,1-6H3,(H,25,28). The molecule has 1 aromatic rings. The second kappa shape index (κ2) is 7.71. The molecule has 1 spiro atoms. The zero-order valence-corrected chi connectivity index (χ0v) is 19.8. The largest absolute Gasteiger partial charge is 0.459 e. The van der Waals surface area contributed by atoms with Crippen LogP contribution in [0.5, 0.6) is 0 Å². The molecule has 3 rings (SSSR count). The molecule has 0 fully saturated rings. The van der Waals surface area contributed by atoms with Crippen LogP contribution in [0.1, 0.15) is 47.1 Å². The third kappa shape index (κ3) is 3.82. The first kappa shape index (κ1) is 22.9. The van der Waals surface area contributed by atoms with Crippen LogP contribution in [0, 0.1) is 0 Å². The van der Waals surface area contributed by atoms with Crippen LogP contribution in [-0.4, -0.2) is 29.6 Å². The first-order chi connectivity index (χ1) is 14.3. The lowest BCUT2D eigenvalue weighted by molar-refractivity contribution is -0.152. The summed E-state index contributed by atoms with van der Waals surface area (Å²) in [5.74, 6) is -2.52. The van der Waals surface area contributed by atoms with Gasteiger partial charge in [-0.25, -0.2) is 9.59 Å². The Hall–Kier alpha value is -2.81. The van der Waals surface area contributed by atoms with Crippen LogP contribution < -0.4 is 11.1 Å². The van der Waals surface area contributed by atoms with E-state index in [0.717, 1.165) is 0 Å². The van der Waals surface area contributed by atoms with Gasteiger partial charge in [0.1, 0.15) is 27.9 Å². The van der Waals surface area contributed by atoms with E-state index in [9.17, 15) is 14.4 Å². The van der Waals surface area contributed by atoms with Crippen LogP contribution in [-0.2, 0) is 34.0 Å². The van der Waals surface area contributed by atoms with Crippen molar-refractivity contribution in [3.05, 3.63) is 51.0 Å². The Morgan fingerprint density at radius 2 is 1.84 bits per heavy atom. The molecular formula is C22H25BrN2O6. The molecule has 0 aromatic heterocycles. The third-order valence-electron chi connectivity index (χ3n) is 4.74. The average molecular weight is 493 g/mol. The summed E-state index contributed by atoms with van der Waals surface area (Å²) >= 11 is 3.40. The van der Waals surface area contributed by atoms with E-state index < -0.39 is 35.0 Å². The molecule has 0 bridgehead atoms.